The Morgan fingerprint density at radius 2 is 1.86 bits per heavy atom. The highest BCUT2D eigenvalue weighted by Crippen LogP contribution is 2.34. The van der Waals surface area contributed by atoms with Crippen LogP contribution in [0.25, 0.3) is 0 Å². The first kappa shape index (κ1) is 15.5. The smallest absolute Gasteiger partial charge is 0.337 e. The molecule has 0 aliphatic rings. The predicted octanol–water partition coefficient (Wildman–Crippen LogP) is 2.60. The van der Waals surface area contributed by atoms with Gasteiger partial charge in [0.1, 0.15) is 11.6 Å². The maximum atomic E-state index is 11.5. The molecule has 0 saturated heterocycles. The number of aromatic nitrogens is 2. The number of anilines is 2. The van der Waals surface area contributed by atoms with Gasteiger partial charge in [0.05, 0.1) is 5.56 Å². The maximum absolute atomic E-state index is 11.5. The average molecular weight is 322 g/mol. The van der Waals surface area contributed by atoms with Gasteiger partial charge in [-0.25, -0.2) is 14.8 Å². The van der Waals surface area contributed by atoms with Crippen molar-refractivity contribution in [1.29, 1.82) is 0 Å². The van der Waals surface area contributed by atoms with Gasteiger partial charge in [0.25, 0.3) is 0 Å². The summed E-state index contributed by atoms with van der Waals surface area (Å²) in [5.74, 6) is 0.309. The molecule has 0 radical (unpaired) electrons. The normalized spacial score (nSPS) is 10.5. The molecule has 21 heavy (non-hydrogen) atoms. The van der Waals surface area contributed by atoms with E-state index in [2.05, 4.69) is 9.97 Å². The summed E-state index contributed by atoms with van der Waals surface area (Å²) in [6.07, 6.45) is 0. The molecular weight excluding hydrogens is 308 g/mol. The van der Waals surface area contributed by atoms with E-state index in [1.54, 1.807) is 12.1 Å². The Kier molecular flexibility index (Phi) is 4.92. The molecule has 5 N–H and O–H groups in total. The topological polar surface area (TPSA) is 115 Å². The quantitative estimate of drug-likeness (QED) is 0.568. The number of nitrogens with two attached hydrogens (primary N) is 2. The molecule has 0 unspecified atom stereocenters. The summed E-state index contributed by atoms with van der Waals surface area (Å²) in [5, 5.41) is 9.77. The van der Waals surface area contributed by atoms with Crippen LogP contribution in [0, 0.1) is 0 Å². The Hall–Kier alpha value is -1.93. The first-order chi connectivity index (χ1) is 10.0. The number of rotatable bonds is 5. The van der Waals surface area contributed by atoms with Gasteiger partial charge in [-0.1, -0.05) is 13.0 Å². The third-order valence-electron chi connectivity index (χ3n) is 2.45. The average Bonchev–Trinajstić information content (AvgIpc) is 2.37. The molecule has 0 aliphatic carbocycles. The summed E-state index contributed by atoms with van der Waals surface area (Å²) >= 11 is 2.61. The van der Waals surface area contributed by atoms with Gasteiger partial charge in [-0.3, -0.25) is 0 Å². The van der Waals surface area contributed by atoms with E-state index in [-0.39, 0.29) is 17.2 Å². The van der Waals surface area contributed by atoms with Crippen molar-refractivity contribution in [3.05, 3.63) is 29.8 Å². The molecule has 0 saturated carbocycles. The van der Waals surface area contributed by atoms with Crippen molar-refractivity contribution >= 4 is 41.1 Å². The van der Waals surface area contributed by atoms with Crippen LogP contribution in [-0.4, -0.2) is 26.8 Å². The number of carboxylic acid groups (broad SMARTS) is 1. The molecule has 6 nitrogen and oxygen atoms in total. The Labute approximate surface area is 130 Å². The maximum Gasteiger partial charge on any atom is 0.337 e. The van der Waals surface area contributed by atoms with Gasteiger partial charge in [0, 0.05) is 15.9 Å². The molecule has 2 rings (SSSR count). The number of aromatic carboxylic acids is 1. The third kappa shape index (κ3) is 3.79. The lowest BCUT2D eigenvalue weighted by Crippen LogP contribution is -2.03. The fourth-order valence-electron chi connectivity index (χ4n) is 1.69. The Morgan fingerprint density at radius 3 is 2.43 bits per heavy atom. The highest BCUT2D eigenvalue weighted by atomic mass is 32.2. The molecule has 0 spiro atoms. The van der Waals surface area contributed by atoms with Crippen molar-refractivity contribution in [2.45, 2.75) is 21.9 Å². The van der Waals surface area contributed by atoms with Crippen LogP contribution in [0.1, 0.15) is 17.3 Å². The zero-order valence-corrected chi connectivity index (χ0v) is 12.9. The molecule has 2 aromatic rings. The minimum absolute atomic E-state index is 0.249. The minimum Gasteiger partial charge on any atom is -0.478 e. The van der Waals surface area contributed by atoms with E-state index in [0.717, 1.165) is 17.5 Å². The van der Waals surface area contributed by atoms with E-state index in [1.165, 1.54) is 17.8 Å². The SMILES string of the molecule is CCSc1cccc(Sc2nc(N)cc(N)n2)c1C(=O)O. The largest absolute Gasteiger partial charge is 0.478 e. The van der Waals surface area contributed by atoms with Gasteiger partial charge < -0.3 is 16.6 Å². The van der Waals surface area contributed by atoms with Gasteiger partial charge in [-0.15, -0.1) is 11.8 Å². The highest BCUT2D eigenvalue weighted by molar-refractivity contribution is 8.00. The van der Waals surface area contributed by atoms with Crippen molar-refractivity contribution < 1.29 is 9.90 Å². The summed E-state index contributed by atoms with van der Waals surface area (Å²) in [7, 11) is 0. The second-order valence-electron chi connectivity index (χ2n) is 3.97. The van der Waals surface area contributed by atoms with Crippen LogP contribution < -0.4 is 11.5 Å². The van der Waals surface area contributed by atoms with Gasteiger partial charge in [-0.05, 0) is 29.6 Å². The number of nitrogens with zero attached hydrogens (tertiary/aromatic N) is 2. The van der Waals surface area contributed by atoms with E-state index in [1.807, 2.05) is 13.0 Å². The van der Waals surface area contributed by atoms with E-state index >= 15 is 0 Å². The molecular formula is C13H14N4O2S2. The molecule has 1 aromatic carbocycles. The zero-order chi connectivity index (χ0) is 15.4. The molecule has 0 atom stereocenters. The van der Waals surface area contributed by atoms with Crippen molar-refractivity contribution in [2.24, 2.45) is 0 Å². The molecule has 1 aromatic heterocycles. The van der Waals surface area contributed by atoms with Crippen LogP contribution in [0.3, 0.4) is 0 Å². The fraction of sp³-hybridized carbons (Fsp3) is 0.154. The van der Waals surface area contributed by atoms with Gasteiger partial charge >= 0.3 is 5.97 Å². The van der Waals surface area contributed by atoms with Crippen LogP contribution in [-0.2, 0) is 0 Å². The molecule has 8 heteroatoms. The van der Waals surface area contributed by atoms with Gasteiger partial charge in [-0.2, -0.15) is 0 Å². The lowest BCUT2D eigenvalue weighted by atomic mass is 10.2. The number of hydrogen-bond donors (Lipinski definition) is 3. The molecule has 0 aliphatic heterocycles. The van der Waals surface area contributed by atoms with Crippen LogP contribution in [0.15, 0.2) is 39.2 Å². The Balaban J connectivity index is 2.43. The molecule has 1 heterocycles. The number of hydrogen-bond acceptors (Lipinski definition) is 7. The van der Waals surface area contributed by atoms with E-state index < -0.39 is 5.97 Å². The lowest BCUT2D eigenvalue weighted by Gasteiger charge is -2.10. The van der Waals surface area contributed by atoms with Crippen LogP contribution >= 0.6 is 23.5 Å². The number of benzene rings is 1. The minimum atomic E-state index is -0.981. The van der Waals surface area contributed by atoms with Gasteiger partial charge in [0.15, 0.2) is 5.16 Å². The standard InChI is InChI=1S/C13H14N4O2S2/c1-2-20-7-4-3-5-8(11(7)12(18)19)21-13-16-9(14)6-10(15)17-13/h3-6H,2H2,1H3,(H,18,19)(H4,14,15,16,17). The number of thioether (sulfide) groups is 1. The van der Waals surface area contributed by atoms with E-state index in [4.69, 9.17) is 11.5 Å². The Bertz CT molecular complexity index is 659. The molecule has 0 fully saturated rings. The summed E-state index contributed by atoms with van der Waals surface area (Å²) in [5.41, 5.74) is 11.5. The van der Waals surface area contributed by atoms with Crippen LogP contribution in [0.2, 0.25) is 0 Å². The zero-order valence-electron chi connectivity index (χ0n) is 11.2. The van der Waals surface area contributed by atoms with E-state index in [0.29, 0.717) is 14.9 Å². The van der Waals surface area contributed by atoms with Crippen LogP contribution in [0.4, 0.5) is 11.6 Å². The number of carbonyl (C=O) groups is 1. The van der Waals surface area contributed by atoms with Crippen LogP contribution in [0.5, 0.6) is 0 Å². The second-order valence-corrected chi connectivity index (χ2v) is 6.28. The first-order valence-corrected chi connectivity index (χ1v) is 7.88. The summed E-state index contributed by atoms with van der Waals surface area (Å²) in [6.45, 7) is 1.97. The number of carboxylic acids is 1. The molecule has 0 amide bonds. The summed E-state index contributed by atoms with van der Waals surface area (Å²) in [6, 6.07) is 6.76. The summed E-state index contributed by atoms with van der Waals surface area (Å²) < 4.78 is 0. The van der Waals surface area contributed by atoms with Crippen molar-refractivity contribution in [3.63, 3.8) is 0 Å². The number of nitrogen functional groups attached to an aromatic ring is 2. The molecule has 0 bridgehead atoms. The van der Waals surface area contributed by atoms with Gasteiger partial charge in [0.2, 0.25) is 0 Å². The lowest BCUT2D eigenvalue weighted by molar-refractivity contribution is 0.0689. The van der Waals surface area contributed by atoms with Crippen molar-refractivity contribution in [1.82, 2.24) is 9.97 Å². The predicted molar refractivity (Wildman–Crippen MR) is 84.8 cm³/mol. The van der Waals surface area contributed by atoms with E-state index in [9.17, 15) is 9.90 Å². The fourth-order valence-corrected chi connectivity index (χ4v) is 3.53. The highest BCUT2D eigenvalue weighted by Gasteiger charge is 2.17. The Morgan fingerprint density at radius 1 is 1.24 bits per heavy atom. The monoisotopic (exact) mass is 322 g/mol. The van der Waals surface area contributed by atoms with Crippen molar-refractivity contribution in [3.8, 4) is 0 Å². The van der Waals surface area contributed by atoms with Crippen molar-refractivity contribution in [2.75, 3.05) is 17.2 Å². The second kappa shape index (κ2) is 6.68. The summed E-state index contributed by atoms with van der Waals surface area (Å²) in [4.78, 5) is 20.9. The third-order valence-corrected chi connectivity index (χ3v) is 4.31. The molecule has 110 valence electrons. The first-order valence-electron chi connectivity index (χ1n) is 6.08.